The Hall–Kier alpha value is -1.06. The molecular formula is C28H52O4. The Morgan fingerprint density at radius 3 is 1.44 bits per heavy atom. The van der Waals surface area contributed by atoms with E-state index in [1.54, 1.807) is 0 Å². The van der Waals surface area contributed by atoms with Crippen molar-refractivity contribution in [1.82, 2.24) is 0 Å². The zero-order chi connectivity index (χ0) is 23.7. The van der Waals surface area contributed by atoms with E-state index in [1.807, 2.05) is 0 Å². The van der Waals surface area contributed by atoms with E-state index in [-0.39, 0.29) is 11.9 Å². The van der Waals surface area contributed by atoms with Gasteiger partial charge in [-0.25, -0.2) is 0 Å². The molecule has 0 aromatic carbocycles. The first-order valence-corrected chi connectivity index (χ1v) is 13.9. The molecule has 0 saturated heterocycles. The maximum atomic E-state index is 13.3. The molecule has 2 atom stereocenters. The van der Waals surface area contributed by atoms with Crippen LogP contribution in [-0.2, 0) is 19.1 Å². The number of carbonyl (C=O) groups is 2. The number of esters is 2. The van der Waals surface area contributed by atoms with Crippen molar-refractivity contribution in [1.29, 1.82) is 0 Å². The van der Waals surface area contributed by atoms with E-state index in [4.69, 9.17) is 9.47 Å². The third-order valence-corrected chi connectivity index (χ3v) is 7.21. The predicted octanol–water partition coefficient (Wildman–Crippen LogP) is 8.02. The summed E-state index contributed by atoms with van der Waals surface area (Å²) < 4.78 is 11.7. The summed E-state index contributed by atoms with van der Waals surface area (Å²) in [5, 5.41) is 0. The minimum absolute atomic E-state index is 0.322. The molecule has 188 valence electrons. The normalized spacial score (nSPS) is 17.5. The number of unbranched alkanes of at least 4 members (excludes halogenated alkanes) is 4. The fraction of sp³-hybridized carbons (Fsp3) is 0.929. The molecule has 4 heteroatoms. The van der Waals surface area contributed by atoms with Crippen molar-refractivity contribution in [3.63, 3.8) is 0 Å². The standard InChI is InChI=1S/C28H52O4/c1-5-9-12-18-24(16-7-3)22-31-26(29)28(20-14-11-15-21-28)27(30)32-23-25(17-8-4)19-13-10-6-2/h24-25H,5-23H2,1-4H3. The van der Waals surface area contributed by atoms with Crippen LogP contribution >= 0.6 is 0 Å². The number of hydrogen-bond donors (Lipinski definition) is 0. The molecule has 0 radical (unpaired) electrons. The molecule has 0 aromatic heterocycles. The second-order valence-corrected chi connectivity index (χ2v) is 10.1. The minimum Gasteiger partial charge on any atom is -0.465 e. The third-order valence-electron chi connectivity index (χ3n) is 7.21. The van der Waals surface area contributed by atoms with Gasteiger partial charge in [0, 0.05) is 0 Å². The van der Waals surface area contributed by atoms with Crippen LogP contribution in [0.1, 0.15) is 137 Å². The molecule has 0 amide bonds. The zero-order valence-electron chi connectivity index (χ0n) is 21.7. The van der Waals surface area contributed by atoms with Gasteiger partial charge in [0.25, 0.3) is 0 Å². The van der Waals surface area contributed by atoms with E-state index in [0.29, 0.717) is 37.9 Å². The molecule has 2 unspecified atom stereocenters. The van der Waals surface area contributed by atoms with Crippen LogP contribution < -0.4 is 0 Å². The van der Waals surface area contributed by atoms with Crippen LogP contribution in [0.4, 0.5) is 0 Å². The zero-order valence-corrected chi connectivity index (χ0v) is 21.7. The number of rotatable bonds is 18. The van der Waals surface area contributed by atoms with Crippen LogP contribution in [0.25, 0.3) is 0 Å². The van der Waals surface area contributed by atoms with E-state index in [1.165, 1.54) is 38.5 Å². The summed E-state index contributed by atoms with van der Waals surface area (Å²) in [7, 11) is 0. The highest BCUT2D eigenvalue weighted by Gasteiger charge is 2.49. The van der Waals surface area contributed by atoms with Gasteiger partial charge in [-0.1, -0.05) is 98.3 Å². The molecule has 0 aliphatic heterocycles. The Morgan fingerprint density at radius 2 is 1.06 bits per heavy atom. The van der Waals surface area contributed by atoms with Crippen molar-refractivity contribution in [3.8, 4) is 0 Å². The molecule has 0 bridgehead atoms. The van der Waals surface area contributed by atoms with Crippen molar-refractivity contribution in [2.75, 3.05) is 13.2 Å². The monoisotopic (exact) mass is 452 g/mol. The lowest BCUT2D eigenvalue weighted by Crippen LogP contribution is -2.44. The van der Waals surface area contributed by atoms with Crippen LogP contribution in [-0.4, -0.2) is 25.2 Å². The molecule has 32 heavy (non-hydrogen) atoms. The van der Waals surface area contributed by atoms with E-state index in [0.717, 1.165) is 57.8 Å². The lowest BCUT2D eigenvalue weighted by molar-refractivity contribution is -0.177. The van der Waals surface area contributed by atoms with Gasteiger partial charge < -0.3 is 9.47 Å². The summed E-state index contributed by atoms with van der Waals surface area (Å²) in [6, 6.07) is 0. The van der Waals surface area contributed by atoms with E-state index in [2.05, 4.69) is 27.7 Å². The average Bonchev–Trinajstić information content (AvgIpc) is 2.81. The van der Waals surface area contributed by atoms with Gasteiger partial charge in [-0.2, -0.15) is 0 Å². The van der Waals surface area contributed by atoms with Crippen molar-refractivity contribution in [2.24, 2.45) is 17.3 Å². The highest BCUT2D eigenvalue weighted by Crippen LogP contribution is 2.39. The number of carbonyl (C=O) groups excluding carboxylic acids is 2. The van der Waals surface area contributed by atoms with Crippen LogP contribution in [0.3, 0.4) is 0 Å². The molecule has 1 aliphatic carbocycles. The summed E-state index contributed by atoms with van der Waals surface area (Å²) in [5.74, 6) is 0.160. The van der Waals surface area contributed by atoms with Gasteiger partial charge in [0.1, 0.15) is 0 Å². The molecule has 0 N–H and O–H groups in total. The summed E-state index contributed by atoms with van der Waals surface area (Å²) in [4.78, 5) is 26.5. The van der Waals surface area contributed by atoms with E-state index in [9.17, 15) is 9.59 Å². The molecule has 4 nitrogen and oxygen atoms in total. The Morgan fingerprint density at radius 1 is 0.625 bits per heavy atom. The lowest BCUT2D eigenvalue weighted by Gasteiger charge is -2.33. The van der Waals surface area contributed by atoms with Gasteiger partial charge in [0.2, 0.25) is 0 Å². The largest absolute Gasteiger partial charge is 0.465 e. The molecule has 1 aliphatic rings. The minimum atomic E-state index is -1.07. The highest BCUT2D eigenvalue weighted by molar-refractivity contribution is 6.00. The van der Waals surface area contributed by atoms with Gasteiger partial charge in [-0.3, -0.25) is 9.59 Å². The van der Waals surface area contributed by atoms with Crippen LogP contribution in [0.15, 0.2) is 0 Å². The predicted molar refractivity (Wildman–Crippen MR) is 133 cm³/mol. The topological polar surface area (TPSA) is 52.6 Å². The fourth-order valence-corrected chi connectivity index (χ4v) is 5.11. The van der Waals surface area contributed by atoms with Gasteiger partial charge in [-0.05, 0) is 50.4 Å². The Labute approximate surface area is 198 Å². The fourth-order valence-electron chi connectivity index (χ4n) is 5.11. The number of hydrogen-bond acceptors (Lipinski definition) is 4. The SMILES string of the molecule is CCCCCC(CCC)COC(=O)C1(C(=O)OCC(CCC)CCCCC)CCCCC1. The quantitative estimate of drug-likeness (QED) is 0.120. The first-order chi connectivity index (χ1) is 15.5. The molecule has 1 fully saturated rings. The van der Waals surface area contributed by atoms with Gasteiger partial charge in [-0.15, -0.1) is 0 Å². The van der Waals surface area contributed by atoms with Gasteiger partial charge in [0.15, 0.2) is 5.41 Å². The molecule has 1 rings (SSSR count). The second-order valence-electron chi connectivity index (χ2n) is 10.1. The molecule has 0 heterocycles. The van der Waals surface area contributed by atoms with Crippen LogP contribution in [0.2, 0.25) is 0 Å². The second kappa shape index (κ2) is 17.4. The Kier molecular flexibility index (Phi) is 15.8. The van der Waals surface area contributed by atoms with Crippen molar-refractivity contribution < 1.29 is 19.1 Å². The summed E-state index contributed by atoms with van der Waals surface area (Å²) in [6.07, 6.45) is 17.8. The van der Waals surface area contributed by atoms with Crippen molar-refractivity contribution in [3.05, 3.63) is 0 Å². The Bertz CT molecular complexity index is 458. The van der Waals surface area contributed by atoms with E-state index < -0.39 is 5.41 Å². The smallest absolute Gasteiger partial charge is 0.323 e. The van der Waals surface area contributed by atoms with Crippen LogP contribution in [0, 0.1) is 17.3 Å². The molecule has 1 saturated carbocycles. The third kappa shape index (κ3) is 10.3. The molecule has 0 spiro atoms. The maximum absolute atomic E-state index is 13.3. The van der Waals surface area contributed by atoms with Crippen molar-refractivity contribution in [2.45, 2.75) is 137 Å². The van der Waals surface area contributed by atoms with E-state index >= 15 is 0 Å². The van der Waals surface area contributed by atoms with Gasteiger partial charge >= 0.3 is 11.9 Å². The summed E-state index contributed by atoms with van der Waals surface area (Å²) in [6.45, 7) is 9.68. The number of ether oxygens (including phenoxy) is 2. The Balaban J connectivity index is 2.71. The first kappa shape index (κ1) is 29.0. The maximum Gasteiger partial charge on any atom is 0.323 e. The van der Waals surface area contributed by atoms with Gasteiger partial charge in [0.05, 0.1) is 13.2 Å². The summed E-state index contributed by atoms with van der Waals surface area (Å²) >= 11 is 0. The summed E-state index contributed by atoms with van der Waals surface area (Å²) in [5.41, 5.74) is -1.07. The lowest BCUT2D eigenvalue weighted by atomic mass is 9.74. The molecule has 0 aromatic rings. The van der Waals surface area contributed by atoms with Crippen molar-refractivity contribution >= 4 is 11.9 Å². The van der Waals surface area contributed by atoms with Crippen LogP contribution in [0.5, 0.6) is 0 Å². The highest BCUT2D eigenvalue weighted by atomic mass is 16.6. The first-order valence-electron chi connectivity index (χ1n) is 13.9. The average molecular weight is 453 g/mol. The molecular weight excluding hydrogens is 400 g/mol.